The molecule has 3 N–H and O–H groups in total. The van der Waals surface area contributed by atoms with E-state index < -0.39 is 18.0 Å². The predicted octanol–water partition coefficient (Wildman–Crippen LogP) is 4.28. The van der Waals surface area contributed by atoms with Crippen LogP contribution in [0.2, 0.25) is 0 Å². The monoisotopic (exact) mass is 480 g/mol. The minimum atomic E-state index is -0.759. The van der Waals surface area contributed by atoms with Crippen LogP contribution in [0.25, 0.3) is 0 Å². The zero-order valence-electron chi connectivity index (χ0n) is 21.8. The van der Waals surface area contributed by atoms with Crippen LogP contribution in [0, 0.1) is 5.92 Å². The number of amides is 5. The summed E-state index contributed by atoms with van der Waals surface area (Å²) < 4.78 is 0. The van der Waals surface area contributed by atoms with E-state index >= 15 is 0 Å². The normalized spacial score (nSPS) is 16.0. The Morgan fingerprint density at radius 1 is 0.853 bits per heavy atom. The van der Waals surface area contributed by atoms with Crippen LogP contribution in [-0.2, 0) is 14.4 Å². The second-order valence-electron chi connectivity index (χ2n) is 9.98. The summed E-state index contributed by atoms with van der Waals surface area (Å²) in [5, 5.41) is 7.89. The molecule has 0 saturated carbocycles. The lowest BCUT2D eigenvalue weighted by molar-refractivity contribution is -0.134. The first-order valence-electron chi connectivity index (χ1n) is 13.4. The van der Waals surface area contributed by atoms with E-state index in [-0.39, 0.29) is 31.3 Å². The molecule has 1 atom stereocenters. The van der Waals surface area contributed by atoms with Gasteiger partial charge in [0.15, 0.2) is 0 Å². The van der Waals surface area contributed by atoms with E-state index in [9.17, 15) is 19.2 Å². The number of carbonyl (C=O) groups excluding carboxylic acids is 4. The van der Waals surface area contributed by atoms with Crippen LogP contribution in [0.1, 0.15) is 110 Å². The largest absolute Gasteiger partial charge is 0.356 e. The molecule has 0 bridgehead atoms. The fraction of sp³-hybridized carbons (Fsp3) is 0.846. The maximum absolute atomic E-state index is 12.0. The summed E-state index contributed by atoms with van der Waals surface area (Å²) >= 11 is 0. The molecule has 1 rings (SSSR count). The van der Waals surface area contributed by atoms with Gasteiger partial charge < -0.3 is 16.0 Å². The van der Waals surface area contributed by atoms with Crippen LogP contribution in [-0.4, -0.2) is 54.8 Å². The highest BCUT2D eigenvalue weighted by Gasteiger charge is 2.32. The highest BCUT2D eigenvalue weighted by atomic mass is 16.2. The van der Waals surface area contributed by atoms with Gasteiger partial charge in [0.05, 0.1) is 0 Å². The van der Waals surface area contributed by atoms with Gasteiger partial charge in [-0.3, -0.25) is 19.3 Å². The van der Waals surface area contributed by atoms with Crippen molar-refractivity contribution in [3.8, 4) is 0 Å². The molecule has 0 spiro atoms. The smallest absolute Gasteiger partial charge is 0.323 e. The lowest BCUT2D eigenvalue weighted by Crippen LogP contribution is -2.61. The fourth-order valence-electron chi connectivity index (χ4n) is 4.12. The lowest BCUT2D eigenvalue weighted by atomic mass is 10.0. The van der Waals surface area contributed by atoms with Gasteiger partial charge in [0, 0.05) is 33.0 Å². The van der Waals surface area contributed by atoms with Crippen LogP contribution in [0.15, 0.2) is 0 Å². The first-order valence-corrected chi connectivity index (χ1v) is 13.4. The standard InChI is InChI=1S/C26H48N4O4/c1-21(2)16-14-12-10-8-6-4-5-7-9-11-13-15-17-23(31)27-19-18-24(32)29-22-20-28-26(34)30(3)25(22)33/h21-22H,4-20H2,1-3H3,(H,27,31)(H,28,34)(H,29,32). The summed E-state index contributed by atoms with van der Waals surface area (Å²) in [5.41, 5.74) is 0. The molecule has 0 aromatic heterocycles. The van der Waals surface area contributed by atoms with Gasteiger partial charge in [0.1, 0.15) is 6.04 Å². The molecule has 1 heterocycles. The van der Waals surface area contributed by atoms with Crippen molar-refractivity contribution in [1.82, 2.24) is 20.9 Å². The number of unbranched alkanes of at least 4 members (excludes halogenated alkanes) is 11. The van der Waals surface area contributed by atoms with E-state index in [2.05, 4.69) is 29.8 Å². The molecule has 1 fully saturated rings. The average molecular weight is 481 g/mol. The van der Waals surface area contributed by atoms with Crippen molar-refractivity contribution in [3.63, 3.8) is 0 Å². The Hall–Kier alpha value is -2.12. The number of likely N-dealkylation sites (N-methyl/N-ethyl adjacent to an activating group) is 1. The summed E-state index contributed by atoms with van der Waals surface area (Å²) in [6, 6.07) is -1.23. The second kappa shape index (κ2) is 18.2. The van der Waals surface area contributed by atoms with Gasteiger partial charge in [-0.2, -0.15) is 0 Å². The Morgan fingerprint density at radius 2 is 1.38 bits per heavy atom. The molecule has 8 heteroatoms. The molecule has 34 heavy (non-hydrogen) atoms. The summed E-state index contributed by atoms with van der Waals surface area (Å²) in [4.78, 5) is 48.2. The van der Waals surface area contributed by atoms with E-state index in [4.69, 9.17) is 0 Å². The van der Waals surface area contributed by atoms with Gasteiger partial charge in [-0.15, -0.1) is 0 Å². The van der Waals surface area contributed by atoms with Gasteiger partial charge in [-0.1, -0.05) is 90.9 Å². The Balaban J connectivity index is 1.89. The molecular formula is C26H48N4O4. The summed E-state index contributed by atoms with van der Waals surface area (Å²) in [6.45, 7) is 4.92. The van der Waals surface area contributed by atoms with E-state index in [0.717, 1.165) is 23.7 Å². The first-order chi connectivity index (χ1) is 16.3. The maximum Gasteiger partial charge on any atom is 0.323 e. The summed E-state index contributed by atoms with van der Waals surface area (Å²) in [7, 11) is 1.37. The molecule has 1 saturated heterocycles. The number of nitrogens with one attached hydrogen (secondary N) is 3. The number of urea groups is 1. The quantitative estimate of drug-likeness (QED) is 0.240. The molecule has 1 unspecified atom stereocenters. The second-order valence-corrected chi connectivity index (χ2v) is 9.98. The molecule has 8 nitrogen and oxygen atoms in total. The van der Waals surface area contributed by atoms with Gasteiger partial charge in [0.2, 0.25) is 11.8 Å². The topological polar surface area (TPSA) is 108 Å². The van der Waals surface area contributed by atoms with E-state index in [1.807, 2.05) is 0 Å². The van der Waals surface area contributed by atoms with Crippen molar-refractivity contribution in [2.24, 2.45) is 5.92 Å². The summed E-state index contributed by atoms with van der Waals surface area (Å²) in [6.07, 6.45) is 17.2. The van der Waals surface area contributed by atoms with Crippen molar-refractivity contribution < 1.29 is 19.2 Å². The third-order valence-corrected chi connectivity index (χ3v) is 6.34. The molecule has 1 aliphatic rings. The average Bonchev–Trinajstić information content (AvgIpc) is 2.79. The minimum Gasteiger partial charge on any atom is -0.356 e. The Kier molecular flexibility index (Phi) is 16.0. The van der Waals surface area contributed by atoms with Crippen LogP contribution in [0.3, 0.4) is 0 Å². The number of rotatable bonds is 19. The van der Waals surface area contributed by atoms with Crippen molar-refractivity contribution in [2.75, 3.05) is 20.1 Å². The van der Waals surface area contributed by atoms with Gasteiger partial charge >= 0.3 is 6.03 Å². The van der Waals surface area contributed by atoms with Crippen LogP contribution in [0.4, 0.5) is 4.79 Å². The summed E-state index contributed by atoms with van der Waals surface area (Å²) in [5.74, 6) is 0.0361. The third-order valence-electron chi connectivity index (χ3n) is 6.34. The van der Waals surface area contributed by atoms with Gasteiger partial charge in [-0.25, -0.2) is 4.79 Å². The molecule has 196 valence electrons. The highest BCUT2D eigenvalue weighted by Crippen LogP contribution is 2.14. The molecule has 0 aromatic rings. The van der Waals surface area contributed by atoms with Crippen molar-refractivity contribution in [3.05, 3.63) is 0 Å². The maximum atomic E-state index is 12.0. The van der Waals surface area contributed by atoms with Gasteiger partial charge in [-0.05, 0) is 12.3 Å². The van der Waals surface area contributed by atoms with Crippen LogP contribution < -0.4 is 16.0 Å². The molecule has 5 amide bonds. The number of nitrogens with zero attached hydrogens (tertiary/aromatic N) is 1. The first kappa shape index (κ1) is 29.9. The Labute approximate surface area is 206 Å². The van der Waals surface area contributed by atoms with E-state index in [1.165, 1.54) is 77.7 Å². The molecule has 0 radical (unpaired) electrons. The van der Waals surface area contributed by atoms with Crippen molar-refractivity contribution in [2.45, 2.75) is 116 Å². The SMILES string of the molecule is CC(C)CCCCCCCCCCCCCCC(=O)NCCC(=O)NC1CNC(=O)N(C)C1=O. The zero-order valence-corrected chi connectivity index (χ0v) is 21.8. The van der Waals surface area contributed by atoms with E-state index in [1.54, 1.807) is 0 Å². The van der Waals surface area contributed by atoms with Crippen LogP contribution in [0.5, 0.6) is 0 Å². The van der Waals surface area contributed by atoms with Crippen LogP contribution >= 0.6 is 0 Å². The molecule has 0 aliphatic carbocycles. The molecule has 0 aromatic carbocycles. The van der Waals surface area contributed by atoms with Crippen molar-refractivity contribution >= 4 is 23.8 Å². The predicted molar refractivity (Wildman–Crippen MR) is 135 cm³/mol. The van der Waals surface area contributed by atoms with Gasteiger partial charge in [0.25, 0.3) is 5.91 Å². The molecular weight excluding hydrogens is 432 g/mol. The van der Waals surface area contributed by atoms with E-state index in [0.29, 0.717) is 6.42 Å². The minimum absolute atomic E-state index is 0.0399. The van der Waals surface area contributed by atoms with Crippen molar-refractivity contribution in [1.29, 1.82) is 0 Å². The number of hydrogen-bond donors (Lipinski definition) is 3. The lowest BCUT2D eigenvalue weighted by Gasteiger charge is -2.29. The number of carbonyl (C=O) groups is 4. The third kappa shape index (κ3) is 14.2. The highest BCUT2D eigenvalue weighted by molar-refractivity contribution is 6.01. The number of imide groups is 1. The fourth-order valence-corrected chi connectivity index (χ4v) is 4.12. The Bertz CT molecular complexity index is 624. The zero-order chi connectivity index (χ0) is 25.2. The Morgan fingerprint density at radius 3 is 1.94 bits per heavy atom. The molecule has 1 aliphatic heterocycles. The number of hydrogen-bond acceptors (Lipinski definition) is 4.